The maximum absolute atomic E-state index is 14.0. The van der Waals surface area contributed by atoms with Gasteiger partial charge in [-0.05, 0) is 71.1 Å². The molecule has 0 N–H and O–H groups in total. The third kappa shape index (κ3) is 6.65. The standard InChI is InChI=1S/C24H36FN3O/c1-26(2)15-16-28(24(29)21-10-4-3-5-11-21)18-20-9-8-14-27(17-20)19-22-12-6-7-13-23(22)25/h6-7,10,12-13,20H,3-5,8-9,11,14-19H2,1-2H3/t20-/m1/s1. The summed E-state index contributed by atoms with van der Waals surface area (Å²) in [5, 5.41) is 0. The number of piperidine rings is 1. The molecule has 0 unspecified atom stereocenters. The second kappa shape index (κ2) is 10.9. The van der Waals surface area contributed by atoms with E-state index in [4.69, 9.17) is 0 Å². The summed E-state index contributed by atoms with van der Waals surface area (Å²) in [7, 11) is 4.11. The zero-order chi connectivity index (χ0) is 20.6. The molecule has 29 heavy (non-hydrogen) atoms. The monoisotopic (exact) mass is 401 g/mol. The normalized spacial score (nSPS) is 20.6. The number of likely N-dealkylation sites (N-methyl/N-ethyl adjacent to an activating group) is 1. The number of allylic oxidation sites excluding steroid dienone is 1. The van der Waals surface area contributed by atoms with Gasteiger partial charge in [-0.2, -0.15) is 0 Å². The topological polar surface area (TPSA) is 26.8 Å². The summed E-state index contributed by atoms with van der Waals surface area (Å²) >= 11 is 0. The first-order chi connectivity index (χ1) is 14.0. The number of likely N-dealkylation sites (tertiary alicyclic amines) is 1. The van der Waals surface area contributed by atoms with Crippen molar-refractivity contribution < 1.29 is 9.18 Å². The highest BCUT2D eigenvalue weighted by molar-refractivity contribution is 5.93. The van der Waals surface area contributed by atoms with E-state index in [9.17, 15) is 9.18 Å². The Morgan fingerprint density at radius 1 is 1.17 bits per heavy atom. The minimum absolute atomic E-state index is 0.123. The van der Waals surface area contributed by atoms with Crippen LogP contribution in [0.1, 0.15) is 44.1 Å². The first-order valence-electron chi connectivity index (χ1n) is 11.1. The van der Waals surface area contributed by atoms with Crippen LogP contribution in [0.5, 0.6) is 0 Å². The molecule has 2 aliphatic rings. The Bertz CT molecular complexity index is 703. The Hall–Kier alpha value is -1.72. The maximum atomic E-state index is 14.0. The van der Waals surface area contributed by atoms with Crippen molar-refractivity contribution in [3.8, 4) is 0 Å². The molecule has 1 atom stereocenters. The highest BCUT2D eigenvalue weighted by Gasteiger charge is 2.26. The average Bonchev–Trinajstić information content (AvgIpc) is 2.73. The van der Waals surface area contributed by atoms with Gasteiger partial charge in [0, 0.05) is 43.9 Å². The molecule has 1 aliphatic carbocycles. The first-order valence-corrected chi connectivity index (χ1v) is 11.1. The average molecular weight is 402 g/mol. The van der Waals surface area contributed by atoms with Crippen LogP contribution in [0.4, 0.5) is 4.39 Å². The summed E-state index contributed by atoms with van der Waals surface area (Å²) in [6.07, 6.45) is 8.67. The van der Waals surface area contributed by atoms with Crippen molar-refractivity contribution >= 4 is 5.91 Å². The van der Waals surface area contributed by atoms with Gasteiger partial charge in [-0.3, -0.25) is 9.69 Å². The van der Waals surface area contributed by atoms with Crippen LogP contribution in [0.3, 0.4) is 0 Å². The van der Waals surface area contributed by atoms with E-state index in [1.807, 2.05) is 12.1 Å². The Balaban J connectivity index is 1.62. The van der Waals surface area contributed by atoms with Crippen LogP contribution in [-0.4, -0.2) is 67.4 Å². The summed E-state index contributed by atoms with van der Waals surface area (Å²) < 4.78 is 14.0. The van der Waals surface area contributed by atoms with E-state index in [0.717, 1.165) is 76.0 Å². The third-order valence-corrected chi connectivity index (χ3v) is 6.10. The van der Waals surface area contributed by atoms with E-state index in [0.29, 0.717) is 12.5 Å². The number of rotatable bonds is 8. The van der Waals surface area contributed by atoms with Crippen LogP contribution in [0.2, 0.25) is 0 Å². The molecule has 0 aromatic heterocycles. The number of carbonyl (C=O) groups is 1. The second-order valence-corrected chi connectivity index (χ2v) is 8.86. The molecule has 1 heterocycles. The number of amides is 1. The lowest BCUT2D eigenvalue weighted by molar-refractivity contribution is -0.128. The van der Waals surface area contributed by atoms with Crippen molar-refractivity contribution in [2.75, 3.05) is 46.8 Å². The zero-order valence-electron chi connectivity index (χ0n) is 18.1. The number of hydrogen-bond donors (Lipinski definition) is 0. The Morgan fingerprint density at radius 2 is 2.00 bits per heavy atom. The lowest BCUT2D eigenvalue weighted by Gasteiger charge is -2.36. The zero-order valence-corrected chi connectivity index (χ0v) is 18.1. The van der Waals surface area contributed by atoms with Crippen LogP contribution >= 0.6 is 0 Å². The van der Waals surface area contributed by atoms with Gasteiger partial charge in [-0.1, -0.05) is 24.3 Å². The molecule has 0 spiro atoms. The summed E-state index contributed by atoms with van der Waals surface area (Å²) in [6, 6.07) is 7.06. The molecular formula is C24H36FN3O. The minimum Gasteiger partial charge on any atom is -0.337 e. The second-order valence-electron chi connectivity index (χ2n) is 8.86. The fourth-order valence-corrected chi connectivity index (χ4v) is 4.46. The van der Waals surface area contributed by atoms with E-state index < -0.39 is 0 Å². The lowest BCUT2D eigenvalue weighted by atomic mass is 9.95. The van der Waals surface area contributed by atoms with E-state index in [1.54, 1.807) is 6.07 Å². The van der Waals surface area contributed by atoms with Crippen molar-refractivity contribution in [3.05, 3.63) is 47.3 Å². The first kappa shape index (κ1) is 22.0. The fraction of sp³-hybridized carbons (Fsp3) is 0.625. The van der Waals surface area contributed by atoms with Gasteiger partial charge in [-0.25, -0.2) is 4.39 Å². The van der Waals surface area contributed by atoms with E-state index >= 15 is 0 Å². The molecule has 160 valence electrons. The SMILES string of the molecule is CN(C)CCN(C[C@@H]1CCCN(Cc2ccccc2F)C1)C(=O)C1=CCCCC1. The van der Waals surface area contributed by atoms with Crippen molar-refractivity contribution in [1.29, 1.82) is 0 Å². The number of hydrogen-bond acceptors (Lipinski definition) is 3. The summed E-state index contributed by atoms with van der Waals surface area (Å²) in [6.45, 7) is 5.04. The molecule has 4 nitrogen and oxygen atoms in total. The number of nitrogens with zero attached hydrogens (tertiary/aromatic N) is 3. The maximum Gasteiger partial charge on any atom is 0.249 e. The lowest BCUT2D eigenvalue weighted by Crippen LogP contribution is -2.45. The van der Waals surface area contributed by atoms with Crippen LogP contribution in [-0.2, 0) is 11.3 Å². The smallest absolute Gasteiger partial charge is 0.249 e. The number of carbonyl (C=O) groups excluding carboxylic acids is 1. The van der Waals surface area contributed by atoms with Gasteiger partial charge in [0.15, 0.2) is 0 Å². The van der Waals surface area contributed by atoms with Gasteiger partial charge in [0.25, 0.3) is 0 Å². The van der Waals surface area contributed by atoms with Crippen LogP contribution < -0.4 is 0 Å². The molecule has 3 rings (SSSR count). The quantitative estimate of drug-likeness (QED) is 0.660. The Labute approximate surface area is 175 Å². The summed E-state index contributed by atoms with van der Waals surface area (Å²) in [5.41, 5.74) is 1.77. The third-order valence-electron chi connectivity index (χ3n) is 6.10. The van der Waals surface area contributed by atoms with Gasteiger partial charge in [-0.15, -0.1) is 0 Å². The largest absolute Gasteiger partial charge is 0.337 e. The minimum atomic E-state index is -0.123. The summed E-state index contributed by atoms with van der Waals surface area (Å²) in [5.74, 6) is 0.560. The molecule has 1 amide bonds. The fourth-order valence-electron chi connectivity index (χ4n) is 4.46. The molecule has 0 saturated carbocycles. The predicted molar refractivity (Wildman–Crippen MR) is 116 cm³/mol. The predicted octanol–water partition coefficient (Wildman–Crippen LogP) is 3.93. The molecule has 1 fully saturated rings. The Kier molecular flexibility index (Phi) is 8.25. The van der Waals surface area contributed by atoms with Gasteiger partial charge in [0.05, 0.1) is 0 Å². The van der Waals surface area contributed by atoms with Gasteiger partial charge >= 0.3 is 0 Å². The van der Waals surface area contributed by atoms with E-state index in [-0.39, 0.29) is 11.7 Å². The highest BCUT2D eigenvalue weighted by Crippen LogP contribution is 2.23. The number of halogens is 1. The number of benzene rings is 1. The highest BCUT2D eigenvalue weighted by atomic mass is 19.1. The van der Waals surface area contributed by atoms with Gasteiger partial charge in [0.1, 0.15) is 5.82 Å². The molecule has 1 saturated heterocycles. The van der Waals surface area contributed by atoms with Crippen molar-refractivity contribution in [2.45, 2.75) is 45.1 Å². The van der Waals surface area contributed by atoms with Crippen LogP contribution in [0.15, 0.2) is 35.9 Å². The van der Waals surface area contributed by atoms with E-state index in [1.165, 1.54) is 12.5 Å². The van der Waals surface area contributed by atoms with Crippen molar-refractivity contribution in [2.24, 2.45) is 5.92 Å². The van der Waals surface area contributed by atoms with E-state index in [2.05, 4.69) is 34.9 Å². The van der Waals surface area contributed by atoms with Crippen molar-refractivity contribution in [1.82, 2.24) is 14.7 Å². The molecule has 1 aromatic carbocycles. The molecule has 0 bridgehead atoms. The van der Waals surface area contributed by atoms with Crippen LogP contribution in [0, 0.1) is 11.7 Å². The summed E-state index contributed by atoms with van der Waals surface area (Å²) in [4.78, 5) is 19.7. The van der Waals surface area contributed by atoms with Crippen molar-refractivity contribution in [3.63, 3.8) is 0 Å². The van der Waals surface area contributed by atoms with Crippen LogP contribution in [0.25, 0.3) is 0 Å². The molecule has 0 radical (unpaired) electrons. The van der Waals surface area contributed by atoms with Gasteiger partial charge in [0.2, 0.25) is 5.91 Å². The molecule has 1 aliphatic heterocycles. The van der Waals surface area contributed by atoms with Gasteiger partial charge < -0.3 is 9.80 Å². The molecular weight excluding hydrogens is 365 g/mol. The molecule has 1 aromatic rings. The molecule has 5 heteroatoms. The Morgan fingerprint density at radius 3 is 2.72 bits per heavy atom.